The van der Waals surface area contributed by atoms with Crippen molar-refractivity contribution in [1.82, 2.24) is 4.90 Å². The summed E-state index contributed by atoms with van der Waals surface area (Å²) >= 11 is 0. The number of carbonyl (C=O) groups excluding carboxylic acids is 1. The lowest BCUT2D eigenvalue weighted by atomic mass is 10.00. The molecule has 1 aromatic carbocycles. The highest BCUT2D eigenvalue weighted by Gasteiger charge is 2.17. The number of rotatable bonds is 4. The van der Waals surface area contributed by atoms with Crippen LogP contribution in [0.15, 0.2) is 24.3 Å². The highest BCUT2D eigenvalue weighted by atomic mass is 16.4. The molecule has 0 aromatic heterocycles. The van der Waals surface area contributed by atoms with Crippen LogP contribution < -0.4 is 0 Å². The summed E-state index contributed by atoms with van der Waals surface area (Å²) in [6.07, 6.45) is 1.29. The average molecular weight is 261 g/mol. The molecule has 1 saturated heterocycles. The first-order chi connectivity index (χ1) is 9.06. The molecule has 4 heteroatoms. The molecule has 1 fully saturated rings. The van der Waals surface area contributed by atoms with Gasteiger partial charge in [-0.1, -0.05) is 24.3 Å². The normalized spacial score (nSPS) is 18.3. The van der Waals surface area contributed by atoms with E-state index in [1.54, 1.807) is 6.92 Å². The largest absolute Gasteiger partial charge is 0.481 e. The Labute approximate surface area is 113 Å². The SMILES string of the molecule is CC(C(=O)O)c1ccc(CN2CCC(=O)CC2)cc1. The summed E-state index contributed by atoms with van der Waals surface area (Å²) in [6, 6.07) is 7.71. The average Bonchev–Trinajstić information content (AvgIpc) is 2.41. The highest BCUT2D eigenvalue weighted by molar-refractivity contribution is 5.79. The molecule has 0 aliphatic carbocycles. The van der Waals surface area contributed by atoms with Crippen molar-refractivity contribution < 1.29 is 14.7 Å². The maximum atomic E-state index is 11.2. The van der Waals surface area contributed by atoms with Gasteiger partial charge in [-0.2, -0.15) is 0 Å². The molecule has 1 atom stereocenters. The lowest BCUT2D eigenvalue weighted by Gasteiger charge is -2.25. The first-order valence-electron chi connectivity index (χ1n) is 6.62. The molecule has 102 valence electrons. The van der Waals surface area contributed by atoms with Crippen LogP contribution in [0.2, 0.25) is 0 Å². The van der Waals surface area contributed by atoms with Crippen molar-refractivity contribution in [2.75, 3.05) is 13.1 Å². The Morgan fingerprint density at radius 1 is 1.26 bits per heavy atom. The molecule has 1 N–H and O–H groups in total. The molecular weight excluding hydrogens is 242 g/mol. The van der Waals surface area contributed by atoms with E-state index in [9.17, 15) is 9.59 Å². The minimum absolute atomic E-state index is 0.349. The third-order valence-electron chi connectivity index (χ3n) is 3.67. The number of ketones is 1. The Hall–Kier alpha value is -1.68. The summed E-state index contributed by atoms with van der Waals surface area (Å²) in [7, 11) is 0. The highest BCUT2D eigenvalue weighted by Crippen LogP contribution is 2.17. The van der Waals surface area contributed by atoms with Crippen molar-refractivity contribution in [2.24, 2.45) is 0 Å². The maximum absolute atomic E-state index is 11.2. The number of Topliss-reactive ketones (excluding diaryl/α,β-unsaturated/α-hetero) is 1. The number of nitrogens with zero attached hydrogens (tertiary/aromatic N) is 1. The topological polar surface area (TPSA) is 57.6 Å². The number of aliphatic carboxylic acids is 1. The van der Waals surface area contributed by atoms with E-state index in [1.807, 2.05) is 24.3 Å². The number of carboxylic acids is 1. The van der Waals surface area contributed by atoms with Crippen molar-refractivity contribution >= 4 is 11.8 Å². The minimum atomic E-state index is -0.803. The van der Waals surface area contributed by atoms with Gasteiger partial charge in [0.2, 0.25) is 0 Å². The van der Waals surface area contributed by atoms with E-state index in [0.29, 0.717) is 18.6 Å². The Morgan fingerprint density at radius 2 is 1.84 bits per heavy atom. The summed E-state index contributed by atoms with van der Waals surface area (Å²) in [5.41, 5.74) is 1.99. The van der Waals surface area contributed by atoms with Gasteiger partial charge in [-0.25, -0.2) is 0 Å². The van der Waals surface area contributed by atoms with Gasteiger partial charge in [-0.15, -0.1) is 0 Å². The van der Waals surface area contributed by atoms with Gasteiger partial charge in [0, 0.05) is 32.5 Å². The molecule has 0 bridgehead atoms. The minimum Gasteiger partial charge on any atom is -0.481 e. The van der Waals surface area contributed by atoms with E-state index in [4.69, 9.17) is 5.11 Å². The lowest BCUT2D eigenvalue weighted by molar-refractivity contribution is -0.138. The number of carbonyl (C=O) groups is 2. The summed E-state index contributed by atoms with van der Waals surface area (Å²) in [4.78, 5) is 24.3. The first-order valence-corrected chi connectivity index (χ1v) is 6.62. The van der Waals surface area contributed by atoms with Crippen molar-refractivity contribution in [1.29, 1.82) is 0 Å². The predicted molar refractivity (Wildman–Crippen MR) is 72.0 cm³/mol. The third-order valence-corrected chi connectivity index (χ3v) is 3.67. The van der Waals surface area contributed by atoms with Gasteiger partial charge in [0.25, 0.3) is 0 Å². The first kappa shape index (κ1) is 13.7. The Bertz CT molecular complexity index is 457. The molecule has 1 aliphatic heterocycles. The molecule has 4 nitrogen and oxygen atoms in total. The van der Waals surface area contributed by atoms with Crippen molar-refractivity contribution in [3.63, 3.8) is 0 Å². The van der Waals surface area contributed by atoms with Gasteiger partial charge < -0.3 is 5.11 Å². The van der Waals surface area contributed by atoms with E-state index in [0.717, 1.165) is 30.8 Å². The molecule has 0 amide bonds. The van der Waals surface area contributed by atoms with E-state index in [2.05, 4.69) is 4.90 Å². The Kier molecular flexibility index (Phi) is 4.32. The standard InChI is InChI=1S/C15H19NO3/c1-11(15(18)19)13-4-2-12(3-5-13)10-16-8-6-14(17)7-9-16/h2-5,11H,6-10H2,1H3,(H,18,19). The summed E-state index contributed by atoms with van der Waals surface area (Å²) in [5.74, 6) is -0.925. The van der Waals surface area contributed by atoms with Crippen molar-refractivity contribution in [2.45, 2.75) is 32.2 Å². The number of likely N-dealkylation sites (tertiary alicyclic amines) is 1. The van der Waals surface area contributed by atoms with Crippen LogP contribution in [0.3, 0.4) is 0 Å². The van der Waals surface area contributed by atoms with Crippen LogP contribution in [0.1, 0.15) is 36.8 Å². The molecule has 19 heavy (non-hydrogen) atoms. The second-order valence-corrected chi connectivity index (χ2v) is 5.12. The Balaban J connectivity index is 1.95. The molecule has 0 saturated carbocycles. The zero-order valence-electron chi connectivity index (χ0n) is 11.1. The van der Waals surface area contributed by atoms with Gasteiger partial charge in [-0.05, 0) is 18.1 Å². The second kappa shape index (κ2) is 5.97. The van der Waals surface area contributed by atoms with Crippen LogP contribution in [0.5, 0.6) is 0 Å². The van der Waals surface area contributed by atoms with Crippen LogP contribution in [-0.2, 0) is 16.1 Å². The number of carboxylic acid groups (broad SMARTS) is 1. The van der Waals surface area contributed by atoms with Crippen LogP contribution in [-0.4, -0.2) is 34.8 Å². The zero-order chi connectivity index (χ0) is 13.8. The summed E-state index contributed by atoms with van der Waals surface area (Å²) in [6.45, 7) is 4.17. The van der Waals surface area contributed by atoms with E-state index in [1.165, 1.54) is 0 Å². The van der Waals surface area contributed by atoms with Crippen LogP contribution >= 0.6 is 0 Å². The molecule has 1 aromatic rings. The summed E-state index contributed by atoms with van der Waals surface area (Å²) < 4.78 is 0. The van der Waals surface area contributed by atoms with E-state index in [-0.39, 0.29) is 0 Å². The molecule has 2 rings (SSSR count). The fourth-order valence-corrected chi connectivity index (χ4v) is 2.27. The second-order valence-electron chi connectivity index (χ2n) is 5.12. The number of hydrogen-bond acceptors (Lipinski definition) is 3. The zero-order valence-corrected chi connectivity index (χ0v) is 11.1. The predicted octanol–water partition coefficient (Wildman–Crippen LogP) is 2.04. The van der Waals surface area contributed by atoms with Gasteiger partial charge in [-0.3, -0.25) is 14.5 Å². The molecule has 0 radical (unpaired) electrons. The van der Waals surface area contributed by atoms with Gasteiger partial charge in [0.15, 0.2) is 0 Å². The van der Waals surface area contributed by atoms with Gasteiger partial charge in [0.1, 0.15) is 5.78 Å². The molecule has 1 heterocycles. The number of piperidine rings is 1. The maximum Gasteiger partial charge on any atom is 0.310 e. The Morgan fingerprint density at radius 3 is 2.37 bits per heavy atom. The third kappa shape index (κ3) is 3.64. The van der Waals surface area contributed by atoms with Crippen LogP contribution in [0.25, 0.3) is 0 Å². The number of benzene rings is 1. The van der Waals surface area contributed by atoms with E-state index >= 15 is 0 Å². The molecule has 1 unspecified atom stereocenters. The molecule has 1 aliphatic rings. The van der Waals surface area contributed by atoms with Crippen molar-refractivity contribution in [3.8, 4) is 0 Å². The van der Waals surface area contributed by atoms with Crippen LogP contribution in [0, 0.1) is 0 Å². The van der Waals surface area contributed by atoms with Gasteiger partial charge >= 0.3 is 5.97 Å². The smallest absolute Gasteiger partial charge is 0.310 e. The van der Waals surface area contributed by atoms with E-state index < -0.39 is 11.9 Å². The van der Waals surface area contributed by atoms with Crippen LogP contribution in [0.4, 0.5) is 0 Å². The van der Waals surface area contributed by atoms with Crippen molar-refractivity contribution in [3.05, 3.63) is 35.4 Å². The number of hydrogen-bond donors (Lipinski definition) is 1. The fraction of sp³-hybridized carbons (Fsp3) is 0.467. The molecular formula is C15H19NO3. The van der Waals surface area contributed by atoms with Gasteiger partial charge in [0.05, 0.1) is 5.92 Å². The molecule has 0 spiro atoms. The monoisotopic (exact) mass is 261 g/mol. The summed E-state index contributed by atoms with van der Waals surface area (Å²) in [5, 5.41) is 8.95. The quantitative estimate of drug-likeness (QED) is 0.901. The fourth-order valence-electron chi connectivity index (χ4n) is 2.27. The lowest BCUT2D eigenvalue weighted by Crippen LogP contribution is -2.33.